The summed E-state index contributed by atoms with van der Waals surface area (Å²) in [5.41, 5.74) is 7.11. The number of hydrogen-bond acceptors (Lipinski definition) is 2. The van der Waals surface area contributed by atoms with Crippen LogP contribution in [0.25, 0.3) is 0 Å². The minimum Gasteiger partial charge on any atom is -0.366 e. The molecule has 3 aliphatic rings. The molecule has 112 valence electrons. The van der Waals surface area contributed by atoms with Gasteiger partial charge < -0.3 is 11.1 Å². The number of nitrogens with two attached hydrogens (primary N) is 1. The fourth-order valence-corrected chi connectivity index (χ4v) is 5.34. The lowest BCUT2D eigenvalue weighted by atomic mass is 9.79. The summed E-state index contributed by atoms with van der Waals surface area (Å²) >= 11 is 0. The van der Waals surface area contributed by atoms with Crippen molar-refractivity contribution in [2.24, 2.45) is 29.4 Å². The van der Waals surface area contributed by atoms with Crippen molar-refractivity contribution in [3.63, 3.8) is 0 Å². The summed E-state index contributed by atoms with van der Waals surface area (Å²) in [6, 6.07) is 8.39. The molecule has 0 radical (unpaired) electrons. The van der Waals surface area contributed by atoms with Gasteiger partial charge in [0.05, 0.1) is 0 Å². The van der Waals surface area contributed by atoms with E-state index in [0.717, 1.165) is 30.2 Å². The molecule has 1 amide bonds. The molecule has 5 unspecified atom stereocenters. The molecule has 3 aliphatic carbocycles. The van der Waals surface area contributed by atoms with Gasteiger partial charge in [-0.3, -0.25) is 4.79 Å². The minimum atomic E-state index is -0.352. The molecule has 2 bridgehead atoms. The summed E-state index contributed by atoms with van der Waals surface area (Å²) in [7, 11) is 0. The normalized spacial score (nSPS) is 36.9. The topological polar surface area (TPSA) is 55.1 Å². The third-order valence-electron chi connectivity index (χ3n) is 6.24. The highest BCUT2D eigenvalue weighted by Gasteiger charge is 2.53. The van der Waals surface area contributed by atoms with Gasteiger partial charge in [-0.25, -0.2) is 0 Å². The molecule has 4 rings (SSSR count). The van der Waals surface area contributed by atoms with E-state index in [-0.39, 0.29) is 5.91 Å². The maximum atomic E-state index is 11.1. The number of amides is 1. The van der Waals surface area contributed by atoms with E-state index in [0.29, 0.717) is 11.6 Å². The van der Waals surface area contributed by atoms with Crippen molar-refractivity contribution in [1.29, 1.82) is 0 Å². The Morgan fingerprint density at radius 2 is 1.86 bits per heavy atom. The largest absolute Gasteiger partial charge is 0.366 e. The van der Waals surface area contributed by atoms with Gasteiger partial charge in [0, 0.05) is 18.2 Å². The third kappa shape index (κ3) is 2.28. The van der Waals surface area contributed by atoms with Gasteiger partial charge in [-0.2, -0.15) is 0 Å². The van der Waals surface area contributed by atoms with Crippen molar-refractivity contribution in [3.05, 3.63) is 35.4 Å². The van der Waals surface area contributed by atoms with Gasteiger partial charge in [-0.05, 0) is 67.1 Å². The summed E-state index contributed by atoms with van der Waals surface area (Å²) in [4.78, 5) is 11.1. The van der Waals surface area contributed by atoms with E-state index in [1.807, 2.05) is 24.3 Å². The molecule has 0 spiro atoms. The Bertz CT molecular complexity index is 539. The molecular formula is C18H24N2O. The van der Waals surface area contributed by atoms with Crippen LogP contribution in [0.3, 0.4) is 0 Å². The molecular weight excluding hydrogens is 260 g/mol. The summed E-state index contributed by atoms with van der Waals surface area (Å²) < 4.78 is 0. The predicted octanol–water partition coefficient (Wildman–Crippen LogP) is 2.70. The molecule has 1 aromatic carbocycles. The average molecular weight is 284 g/mol. The molecule has 0 saturated heterocycles. The van der Waals surface area contributed by atoms with E-state index in [4.69, 9.17) is 5.73 Å². The first-order chi connectivity index (χ1) is 10.2. The van der Waals surface area contributed by atoms with Crippen molar-refractivity contribution >= 4 is 5.91 Å². The number of nitrogens with one attached hydrogen (secondary N) is 1. The molecule has 0 heterocycles. The maximum absolute atomic E-state index is 11.1. The van der Waals surface area contributed by atoms with Crippen LogP contribution in [0.15, 0.2) is 24.3 Å². The predicted molar refractivity (Wildman–Crippen MR) is 82.6 cm³/mol. The van der Waals surface area contributed by atoms with Crippen LogP contribution in [0.1, 0.15) is 48.0 Å². The number of carbonyl (C=O) groups is 1. The molecule has 3 heteroatoms. The Hall–Kier alpha value is -1.35. The summed E-state index contributed by atoms with van der Waals surface area (Å²) in [6.07, 6.45) is 7.27. The lowest BCUT2D eigenvalue weighted by Crippen LogP contribution is -2.38. The summed E-state index contributed by atoms with van der Waals surface area (Å²) in [5, 5.41) is 3.77. The second-order valence-electron chi connectivity index (χ2n) is 7.20. The van der Waals surface area contributed by atoms with Crippen molar-refractivity contribution in [1.82, 2.24) is 5.32 Å². The monoisotopic (exact) mass is 284 g/mol. The van der Waals surface area contributed by atoms with Gasteiger partial charge in [0.15, 0.2) is 0 Å². The Morgan fingerprint density at radius 1 is 1.10 bits per heavy atom. The van der Waals surface area contributed by atoms with Gasteiger partial charge in [-0.1, -0.05) is 18.6 Å². The van der Waals surface area contributed by atoms with Crippen LogP contribution in [0, 0.1) is 23.7 Å². The lowest BCUT2D eigenvalue weighted by molar-refractivity contribution is 0.100. The van der Waals surface area contributed by atoms with E-state index in [1.165, 1.54) is 37.7 Å². The SMILES string of the molecule is NC(=O)c1ccc(CNC2CC3CC2C2CCCC32)cc1. The third-order valence-corrected chi connectivity index (χ3v) is 6.24. The van der Waals surface area contributed by atoms with E-state index in [1.54, 1.807) is 0 Å². The quantitative estimate of drug-likeness (QED) is 0.893. The molecule has 1 aromatic rings. The van der Waals surface area contributed by atoms with Crippen molar-refractivity contribution in [3.8, 4) is 0 Å². The maximum Gasteiger partial charge on any atom is 0.248 e. The van der Waals surface area contributed by atoms with Gasteiger partial charge in [-0.15, -0.1) is 0 Å². The highest BCUT2D eigenvalue weighted by Crippen LogP contribution is 2.58. The minimum absolute atomic E-state index is 0.352. The molecule has 3 fully saturated rings. The molecule has 3 nitrogen and oxygen atoms in total. The summed E-state index contributed by atoms with van der Waals surface area (Å²) in [5.74, 6) is 3.64. The van der Waals surface area contributed by atoms with Crippen LogP contribution in [0.5, 0.6) is 0 Å². The number of carbonyl (C=O) groups excluding carboxylic acids is 1. The van der Waals surface area contributed by atoms with E-state index in [2.05, 4.69) is 5.32 Å². The Morgan fingerprint density at radius 3 is 2.62 bits per heavy atom. The van der Waals surface area contributed by atoms with Gasteiger partial charge in [0.1, 0.15) is 0 Å². The Kier molecular flexibility index (Phi) is 3.26. The van der Waals surface area contributed by atoms with Crippen molar-refractivity contribution < 1.29 is 4.79 Å². The van der Waals surface area contributed by atoms with Gasteiger partial charge in [0.2, 0.25) is 5.91 Å². The molecule has 3 N–H and O–H groups in total. The number of benzene rings is 1. The number of fused-ring (bicyclic) bond motifs is 5. The zero-order chi connectivity index (χ0) is 14.4. The first-order valence-electron chi connectivity index (χ1n) is 8.34. The van der Waals surface area contributed by atoms with Crippen molar-refractivity contribution in [2.75, 3.05) is 0 Å². The van der Waals surface area contributed by atoms with Crippen LogP contribution in [-0.2, 0) is 6.54 Å². The fraction of sp³-hybridized carbons (Fsp3) is 0.611. The van der Waals surface area contributed by atoms with Crippen LogP contribution in [0.2, 0.25) is 0 Å². The van der Waals surface area contributed by atoms with Crippen LogP contribution < -0.4 is 11.1 Å². The highest BCUT2D eigenvalue weighted by atomic mass is 16.1. The molecule has 5 atom stereocenters. The lowest BCUT2D eigenvalue weighted by Gasteiger charge is -2.32. The van der Waals surface area contributed by atoms with E-state index < -0.39 is 0 Å². The van der Waals surface area contributed by atoms with E-state index >= 15 is 0 Å². The van der Waals surface area contributed by atoms with Crippen LogP contribution >= 0.6 is 0 Å². The Balaban J connectivity index is 1.36. The molecule has 0 aromatic heterocycles. The van der Waals surface area contributed by atoms with E-state index in [9.17, 15) is 4.79 Å². The molecule has 21 heavy (non-hydrogen) atoms. The van der Waals surface area contributed by atoms with Gasteiger partial charge in [0.25, 0.3) is 0 Å². The number of rotatable bonds is 4. The number of primary amides is 1. The number of hydrogen-bond donors (Lipinski definition) is 2. The summed E-state index contributed by atoms with van der Waals surface area (Å²) in [6.45, 7) is 0.907. The zero-order valence-electron chi connectivity index (χ0n) is 12.4. The van der Waals surface area contributed by atoms with Crippen LogP contribution in [-0.4, -0.2) is 11.9 Å². The first kappa shape index (κ1) is 13.3. The molecule has 0 aliphatic heterocycles. The van der Waals surface area contributed by atoms with Crippen LogP contribution in [0.4, 0.5) is 0 Å². The average Bonchev–Trinajstić information content (AvgIpc) is 3.17. The second kappa shape index (κ2) is 5.13. The fourth-order valence-electron chi connectivity index (χ4n) is 5.34. The highest BCUT2D eigenvalue weighted by molar-refractivity contribution is 5.92. The zero-order valence-corrected chi connectivity index (χ0v) is 12.4. The molecule has 3 saturated carbocycles. The standard InChI is InChI=1S/C18H24N2O/c19-18(21)12-6-4-11(5-7-12)10-20-17-9-13-8-16(17)15-3-1-2-14(13)15/h4-7,13-17,20H,1-3,8-10H2,(H2,19,21). The van der Waals surface area contributed by atoms with Gasteiger partial charge >= 0.3 is 0 Å². The first-order valence-corrected chi connectivity index (χ1v) is 8.34. The van der Waals surface area contributed by atoms with Crippen molar-refractivity contribution in [2.45, 2.75) is 44.7 Å². The Labute approximate surface area is 126 Å². The smallest absolute Gasteiger partial charge is 0.248 e. The second-order valence-corrected chi connectivity index (χ2v) is 7.20.